The molecule has 1 aliphatic heterocycles. The summed E-state index contributed by atoms with van der Waals surface area (Å²) in [5.41, 5.74) is 9.16. The second-order valence-corrected chi connectivity index (χ2v) is 14.4. The van der Waals surface area contributed by atoms with E-state index in [-0.39, 0.29) is 38.0 Å². The number of likely N-dealkylation sites (tertiary alicyclic amines) is 1. The van der Waals surface area contributed by atoms with Gasteiger partial charge in [-0.3, -0.25) is 19.2 Å². The van der Waals surface area contributed by atoms with Gasteiger partial charge in [0, 0.05) is 59.3 Å². The van der Waals surface area contributed by atoms with Gasteiger partial charge < -0.3 is 27.0 Å². The van der Waals surface area contributed by atoms with E-state index in [9.17, 15) is 27.6 Å². The maximum Gasteiger partial charge on any atom is 0.319 e. The number of fused-ring (bicyclic) bond motifs is 1. The van der Waals surface area contributed by atoms with Crippen LogP contribution in [0.15, 0.2) is 84.9 Å². The highest BCUT2D eigenvalue weighted by Gasteiger charge is 2.28. The molecule has 0 bridgehead atoms. The molecule has 3 atom stereocenters. The Bertz CT molecular complexity index is 2170. The van der Waals surface area contributed by atoms with Crippen LogP contribution in [-0.2, 0) is 35.6 Å². The summed E-state index contributed by atoms with van der Waals surface area (Å²) in [5.74, 6) is -3.42. The fourth-order valence-corrected chi connectivity index (χ4v) is 7.10. The van der Waals surface area contributed by atoms with Crippen LogP contribution in [0.5, 0.6) is 0 Å². The van der Waals surface area contributed by atoms with Crippen LogP contribution < -0.4 is 27.0 Å². The molecule has 6 rings (SSSR count). The van der Waals surface area contributed by atoms with E-state index < -0.39 is 47.7 Å². The van der Waals surface area contributed by atoms with Crippen molar-refractivity contribution in [3.63, 3.8) is 0 Å². The monoisotopic (exact) mass is 808 g/mol. The summed E-state index contributed by atoms with van der Waals surface area (Å²) < 4.78 is 43.7. The molecule has 1 fully saturated rings. The molecule has 1 aromatic heterocycles. The number of hydrogen-bond donors (Lipinski definition) is 5. The molecule has 1 saturated heterocycles. The van der Waals surface area contributed by atoms with Gasteiger partial charge in [-0.2, -0.15) is 5.10 Å². The number of rotatable bonds is 15. The molecule has 2 heterocycles. The Morgan fingerprint density at radius 1 is 0.857 bits per heavy atom. The fourth-order valence-electron chi connectivity index (χ4n) is 6.58. The van der Waals surface area contributed by atoms with Crippen molar-refractivity contribution in [3.8, 4) is 0 Å². The van der Waals surface area contributed by atoms with Gasteiger partial charge in [-0.1, -0.05) is 65.7 Å². The number of aromatic nitrogens is 2. The van der Waals surface area contributed by atoms with Gasteiger partial charge in [-0.25, -0.2) is 18.0 Å². The molecule has 0 saturated carbocycles. The second-order valence-electron chi connectivity index (χ2n) is 13.6. The van der Waals surface area contributed by atoms with Crippen molar-refractivity contribution in [2.24, 2.45) is 5.73 Å². The van der Waals surface area contributed by atoms with E-state index in [0.29, 0.717) is 58.6 Å². The Labute approximate surface area is 331 Å². The third-order valence-electron chi connectivity index (χ3n) is 9.49. The number of hydrogen-bond acceptors (Lipinski definition) is 6. The van der Waals surface area contributed by atoms with Crippen LogP contribution in [-0.4, -0.2) is 70.4 Å². The summed E-state index contributed by atoms with van der Waals surface area (Å²) in [6, 6.07) is 19.5. The van der Waals surface area contributed by atoms with Gasteiger partial charge in [-0.15, -0.1) is 0 Å². The molecule has 4 amide bonds. The van der Waals surface area contributed by atoms with Crippen LogP contribution in [0.25, 0.3) is 10.9 Å². The third-order valence-corrected chi connectivity index (χ3v) is 10.2. The maximum atomic E-state index is 14.2. The van der Waals surface area contributed by atoms with E-state index in [1.807, 2.05) is 35.2 Å². The number of halogens is 5. The molecule has 16 heteroatoms. The summed E-state index contributed by atoms with van der Waals surface area (Å²) in [4.78, 5) is 42.5. The van der Waals surface area contributed by atoms with Gasteiger partial charge in [0.25, 0.3) is 0 Å². The summed E-state index contributed by atoms with van der Waals surface area (Å²) in [5, 5.41) is 17.3. The van der Waals surface area contributed by atoms with Crippen molar-refractivity contribution in [2.45, 2.75) is 57.2 Å². The van der Waals surface area contributed by atoms with E-state index in [1.54, 1.807) is 41.1 Å². The van der Waals surface area contributed by atoms with Crippen LogP contribution >= 0.6 is 23.2 Å². The Balaban J connectivity index is 1.22. The number of anilines is 1. The lowest BCUT2D eigenvalue weighted by Gasteiger charge is -2.23. The second kappa shape index (κ2) is 18.7. The standard InChI is InChI=1S/C40H41Cl2F3N8O3/c41-30-7-4-8-31(42)29(30)22-53-37-19-27(10-11-28(37)36(51-53)23-52-16-14-26(43)21-52)48-40(56)50-35(18-25-9-12-32(44)33(45)17-25)39(55)49-34(13-15-46)38(54)47-20-24-5-2-1-3-6-24/h1-12,17,19,26,34-35H,13-16,18,20-23,46H2,(H,47,54)(H,49,55)(H2,48,50,56)/t26-,34+,35+/m1/s1. The normalized spacial score (nSPS) is 15.4. The molecule has 1 aliphatic rings. The number of alkyl halides is 1. The SMILES string of the molecule is NCC[C@H](NC(=O)[C@H](Cc1ccc(F)c(F)c1)NC(=O)Nc1ccc2c(CN3CC[C@@H](F)C3)nn(Cc3c(Cl)cccc3Cl)c2c1)C(=O)NCc1ccccc1. The van der Waals surface area contributed by atoms with E-state index in [4.69, 9.17) is 34.0 Å². The molecule has 294 valence electrons. The highest BCUT2D eigenvalue weighted by atomic mass is 35.5. The molecule has 11 nitrogen and oxygen atoms in total. The summed E-state index contributed by atoms with van der Waals surface area (Å²) in [6.45, 7) is 1.79. The van der Waals surface area contributed by atoms with Gasteiger partial charge in [-0.05, 0) is 73.0 Å². The quantitative estimate of drug-likeness (QED) is 0.0865. The van der Waals surface area contributed by atoms with E-state index in [1.165, 1.54) is 6.07 Å². The van der Waals surface area contributed by atoms with Crippen molar-refractivity contribution in [1.29, 1.82) is 0 Å². The molecule has 0 aliphatic carbocycles. The van der Waals surface area contributed by atoms with Crippen molar-refractivity contribution in [2.75, 3.05) is 25.0 Å². The summed E-state index contributed by atoms with van der Waals surface area (Å²) in [7, 11) is 0. The van der Waals surface area contributed by atoms with Gasteiger partial charge in [0.1, 0.15) is 18.3 Å². The number of carbonyl (C=O) groups is 3. The van der Waals surface area contributed by atoms with Gasteiger partial charge in [0.05, 0.1) is 17.8 Å². The van der Waals surface area contributed by atoms with Gasteiger partial charge >= 0.3 is 6.03 Å². The molecule has 6 N–H and O–H groups in total. The lowest BCUT2D eigenvalue weighted by Crippen LogP contribution is -2.55. The number of benzene rings is 4. The van der Waals surface area contributed by atoms with Crippen LogP contribution in [0.4, 0.5) is 23.7 Å². The van der Waals surface area contributed by atoms with Crippen LogP contribution in [0.1, 0.15) is 35.2 Å². The Hall–Kier alpha value is -5.15. The lowest BCUT2D eigenvalue weighted by molar-refractivity contribution is -0.130. The van der Waals surface area contributed by atoms with Gasteiger partial charge in [0.15, 0.2) is 11.6 Å². The summed E-state index contributed by atoms with van der Waals surface area (Å²) in [6.07, 6.45) is -0.601. The minimum absolute atomic E-state index is 0.0727. The number of nitrogens with one attached hydrogen (secondary N) is 4. The van der Waals surface area contributed by atoms with E-state index >= 15 is 0 Å². The molecule has 5 aromatic rings. The average Bonchev–Trinajstić information content (AvgIpc) is 3.74. The molecular weight excluding hydrogens is 768 g/mol. The van der Waals surface area contributed by atoms with Crippen LogP contribution in [0, 0.1) is 11.6 Å². The predicted molar refractivity (Wildman–Crippen MR) is 210 cm³/mol. The van der Waals surface area contributed by atoms with Crippen molar-refractivity contribution in [3.05, 3.63) is 129 Å². The topological polar surface area (TPSA) is 146 Å². The lowest BCUT2D eigenvalue weighted by atomic mass is 10.0. The zero-order chi connectivity index (χ0) is 39.8. The number of amides is 4. The molecule has 0 radical (unpaired) electrons. The van der Waals surface area contributed by atoms with E-state index in [2.05, 4.69) is 21.3 Å². The number of nitrogens with two attached hydrogens (primary N) is 1. The van der Waals surface area contributed by atoms with Gasteiger partial charge in [0.2, 0.25) is 11.8 Å². The first-order valence-electron chi connectivity index (χ1n) is 18.1. The van der Waals surface area contributed by atoms with Crippen LogP contribution in [0.2, 0.25) is 10.0 Å². The zero-order valence-corrected chi connectivity index (χ0v) is 31.7. The molecule has 0 unspecified atom stereocenters. The molecule has 56 heavy (non-hydrogen) atoms. The Morgan fingerprint density at radius 3 is 2.32 bits per heavy atom. The Morgan fingerprint density at radius 2 is 1.62 bits per heavy atom. The van der Waals surface area contributed by atoms with Crippen molar-refractivity contribution < 1.29 is 27.6 Å². The Kier molecular flexibility index (Phi) is 13.5. The largest absolute Gasteiger partial charge is 0.350 e. The minimum atomic E-state index is -1.33. The fraction of sp³-hybridized carbons (Fsp3) is 0.300. The number of nitrogens with zero attached hydrogens (tertiary/aromatic N) is 3. The highest BCUT2D eigenvalue weighted by molar-refractivity contribution is 6.36. The predicted octanol–water partition coefficient (Wildman–Crippen LogP) is 6.10. The highest BCUT2D eigenvalue weighted by Crippen LogP contribution is 2.30. The smallest absolute Gasteiger partial charge is 0.319 e. The summed E-state index contributed by atoms with van der Waals surface area (Å²) >= 11 is 13.0. The third kappa shape index (κ3) is 10.4. The molecule has 4 aromatic carbocycles. The molecular formula is C40H41Cl2F3N8O3. The minimum Gasteiger partial charge on any atom is -0.350 e. The molecule has 0 spiro atoms. The first-order valence-corrected chi connectivity index (χ1v) is 18.8. The number of carbonyl (C=O) groups excluding carboxylic acids is 3. The first kappa shape index (κ1) is 40.5. The van der Waals surface area contributed by atoms with Crippen molar-refractivity contribution in [1.82, 2.24) is 30.6 Å². The van der Waals surface area contributed by atoms with Crippen LogP contribution in [0.3, 0.4) is 0 Å². The van der Waals surface area contributed by atoms with Crippen molar-refractivity contribution >= 4 is 57.6 Å². The zero-order valence-electron chi connectivity index (χ0n) is 30.2. The average molecular weight is 810 g/mol. The number of urea groups is 1. The van der Waals surface area contributed by atoms with E-state index in [0.717, 1.165) is 23.1 Å². The maximum absolute atomic E-state index is 14.2. The first-order chi connectivity index (χ1) is 27.0.